The van der Waals surface area contributed by atoms with Gasteiger partial charge in [0.2, 0.25) is 5.91 Å². The maximum absolute atomic E-state index is 13.2. The van der Waals surface area contributed by atoms with Crippen LogP contribution in [0.2, 0.25) is 0 Å². The average Bonchev–Trinajstić information content (AvgIpc) is 3.23. The number of nitrogens with one attached hydrogen (secondary N) is 1. The lowest BCUT2D eigenvalue weighted by atomic mass is 9.93. The molecule has 1 aliphatic rings. The molecular formula is C22H24F2N2O3S. The van der Waals surface area contributed by atoms with Crippen LogP contribution in [0.3, 0.4) is 0 Å². The van der Waals surface area contributed by atoms with Crippen molar-refractivity contribution in [3.8, 4) is 0 Å². The van der Waals surface area contributed by atoms with Gasteiger partial charge in [-0.3, -0.25) is 14.4 Å². The molecule has 0 saturated carbocycles. The fraction of sp³-hybridized carbons (Fsp3) is 0.409. The van der Waals surface area contributed by atoms with E-state index < -0.39 is 11.6 Å². The largest absolute Gasteiger partial charge is 0.352 e. The lowest BCUT2D eigenvalue weighted by Crippen LogP contribution is -2.40. The number of Topliss-reactive ketones (excluding diaryl/α,β-unsaturated/α-hetero) is 1. The molecule has 0 unspecified atom stereocenters. The molecule has 1 atom stereocenters. The molecule has 0 aliphatic carbocycles. The Labute approximate surface area is 178 Å². The van der Waals surface area contributed by atoms with Crippen molar-refractivity contribution in [3.63, 3.8) is 0 Å². The van der Waals surface area contributed by atoms with Gasteiger partial charge in [0.1, 0.15) is 0 Å². The first-order valence-electron chi connectivity index (χ1n) is 9.93. The summed E-state index contributed by atoms with van der Waals surface area (Å²) in [6, 6.07) is 5.19. The zero-order valence-electron chi connectivity index (χ0n) is 16.7. The summed E-state index contributed by atoms with van der Waals surface area (Å²) in [6.07, 6.45) is 2.78. The molecule has 2 aromatic rings. The molecule has 2 heterocycles. The van der Waals surface area contributed by atoms with Gasteiger partial charge in [-0.15, -0.1) is 11.3 Å². The Kier molecular flexibility index (Phi) is 7.31. The molecule has 30 heavy (non-hydrogen) atoms. The normalized spacial score (nSPS) is 16.4. The second kappa shape index (κ2) is 9.93. The number of piperidine rings is 1. The zero-order valence-corrected chi connectivity index (χ0v) is 17.6. The SMILES string of the molecule is CC(=O)c1cc(C(=O)N2CCC[C@H](CCC(=O)NCc3ccc(F)c(F)c3)C2)cs1. The number of hydrogen-bond acceptors (Lipinski definition) is 4. The Hall–Kier alpha value is -2.61. The van der Waals surface area contributed by atoms with Crippen LogP contribution in [0.4, 0.5) is 8.78 Å². The van der Waals surface area contributed by atoms with Crippen molar-refractivity contribution in [1.82, 2.24) is 10.2 Å². The molecule has 1 saturated heterocycles. The summed E-state index contributed by atoms with van der Waals surface area (Å²) >= 11 is 1.28. The standard InChI is InChI=1S/C22H24F2N2O3S/c1-14(27)20-10-17(13-30-20)22(29)26-8-2-3-15(12-26)5-7-21(28)25-11-16-4-6-18(23)19(24)9-16/h4,6,9-10,13,15H,2-3,5,7-8,11-12H2,1H3,(H,25,28)/t15-/m1/s1. The van der Waals surface area contributed by atoms with Crippen LogP contribution < -0.4 is 5.32 Å². The number of hydrogen-bond donors (Lipinski definition) is 1. The Bertz CT molecular complexity index is 944. The number of likely N-dealkylation sites (tertiary alicyclic amines) is 1. The zero-order chi connectivity index (χ0) is 21.7. The van der Waals surface area contributed by atoms with Crippen molar-refractivity contribution < 1.29 is 23.2 Å². The van der Waals surface area contributed by atoms with Gasteiger partial charge in [0, 0.05) is 31.4 Å². The maximum atomic E-state index is 13.2. The van der Waals surface area contributed by atoms with E-state index in [0.717, 1.165) is 25.0 Å². The van der Waals surface area contributed by atoms with Crippen LogP contribution in [-0.4, -0.2) is 35.6 Å². The van der Waals surface area contributed by atoms with Crippen molar-refractivity contribution >= 4 is 28.9 Å². The monoisotopic (exact) mass is 434 g/mol. The van der Waals surface area contributed by atoms with Gasteiger partial charge < -0.3 is 10.2 Å². The van der Waals surface area contributed by atoms with E-state index in [4.69, 9.17) is 0 Å². The molecular weight excluding hydrogens is 410 g/mol. The molecule has 0 spiro atoms. The smallest absolute Gasteiger partial charge is 0.254 e. The van der Waals surface area contributed by atoms with Crippen LogP contribution in [-0.2, 0) is 11.3 Å². The maximum Gasteiger partial charge on any atom is 0.254 e. The van der Waals surface area contributed by atoms with Crippen LogP contribution in [0.15, 0.2) is 29.6 Å². The van der Waals surface area contributed by atoms with Crippen LogP contribution in [0, 0.1) is 17.6 Å². The van der Waals surface area contributed by atoms with Gasteiger partial charge in [-0.2, -0.15) is 0 Å². The van der Waals surface area contributed by atoms with Gasteiger partial charge in [0.05, 0.1) is 10.4 Å². The topological polar surface area (TPSA) is 66.5 Å². The van der Waals surface area contributed by atoms with Gasteiger partial charge in [-0.1, -0.05) is 6.07 Å². The highest BCUT2D eigenvalue weighted by atomic mass is 32.1. The van der Waals surface area contributed by atoms with Gasteiger partial charge >= 0.3 is 0 Å². The minimum absolute atomic E-state index is 0.0510. The molecule has 8 heteroatoms. The van der Waals surface area contributed by atoms with E-state index in [2.05, 4.69) is 5.32 Å². The highest BCUT2D eigenvalue weighted by molar-refractivity contribution is 7.12. The van der Waals surface area contributed by atoms with Crippen LogP contribution in [0.5, 0.6) is 0 Å². The molecule has 1 aromatic carbocycles. The van der Waals surface area contributed by atoms with E-state index in [1.807, 2.05) is 0 Å². The van der Waals surface area contributed by atoms with Crippen LogP contribution in [0.25, 0.3) is 0 Å². The number of nitrogens with zero attached hydrogens (tertiary/aromatic N) is 1. The average molecular weight is 435 g/mol. The lowest BCUT2D eigenvalue weighted by molar-refractivity contribution is -0.121. The Morgan fingerprint density at radius 1 is 1.20 bits per heavy atom. The van der Waals surface area contributed by atoms with Gasteiger partial charge in [0.25, 0.3) is 5.91 Å². The molecule has 1 N–H and O–H groups in total. The minimum atomic E-state index is -0.935. The summed E-state index contributed by atoms with van der Waals surface area (Å²) in [5, 5.41) is 4.44. The number of amides is 2. The van der Waals surface area contributed by atoms with E-state index in [-0.39, 0.29) is 30.1 Å². The third-order valence-corrected chi connectivity index (χ3v) is 6.28. The number of benzene rings is 1. The number of carbonyl (C=O) groups excluding carboxylic acids is 3. The number of rotatable bonds is 7. The lowest BCUT2D eigenvalue weighted by Gasteiger charge is -2.32. The Morgan fingerprint density at radius 2 is 2.00 bits per heavy atom. The summed E-state index contributed by atoms with van der Waals surface area (Å²) in [4.78, 5) is 38.7. The Balaban J connectivity index is 1.46. The summed E-state index contributed by atoms with van der Waals surface area (Å²) in [5.74, 6) is -1.91. The fourth-order valence-electron chi connectivity index (χ4n) is 3.57. The number of ketones is 1. The third-order valence-electron chi connectivity index (χ3n) is 5.25. The molecule has 1 fully saturated rings. The molecule has 160 valence electrons. The molecule has 1 aromatic heterocycles. The summed E-state index contributed by atoms with van der Waals surface area (Å²) in [5.41, 5.74) is 1.03. The second-order valence-electron chi connectivity index (χ2n) is 7.58. The van der Waals surface area contributed by atoms with Crippen molar-refractivity contribution in [1.29, 1.82) is 0 Å². The second-order valence-corrected chi connectivity index (χ2v) is 8.49. The van der Waals surface area contributed by atoms with Crippen molar-refractivity contribution in [2.45, 2.75) is 39.2 Å². The predicted molar refractivity (Wildman–Crippen MR) is 110 cm³/mol. The predicted octanol–water partition coefficient (Wildman–Crippen LogP) is 4.18. The number of thiophene rings is 1. The van der Waals surface area contributed by atoms with Crippen LogP contribution >= 0.6 is 11.3 Å². The highest BCUT2D eigenvalue weighted by Gasteiger charge is 2.25. The van der Waals surface area contributed by atoms with Crippen molar-refractivity contribution in [2.24, 2.45) is 5.92 Å². The van der Waals surface area contributed by atoms with E-state index in [1.54, 1.807) is 16.3 Å². The first-order chi connectivity index (χ1) is 14.3. The van der Waals surface area contributed by atoms with Crippen LogP contribution in [0.1, 0.15) is 58.2 Å². The highest BCUT2D eigenvalue weighted by Crippen LogP contribution is 2.24. The number of halogens is 2. The number of carbonyl (C=O) groups is 3. The summed E-state index contributed by atoms with van der Waals surface area (Å²) < 4.78 is 26.2. The Morgan fingerprint density at radius 3 is 2.70 bits per heavy atom. The minimum Gasteiger partial charge on any atom is -0.352 e. The van der Waals surface area contributed by atoms with E-state index in [0.29, 0.717) is 41.9 Å². The quantitative estimate of drug-likeness (QED) is 0.665. The van der Waals surface area contributed by atoms with E-state index in [9.17, 15) is 23.2 Å². The third kappa shape index (κ3) is 5.72. The van der Waals surface area contributed by atoms with Crippen molar-refractivity contribution in [2.75, 3.05) is 13.1 Å². The first-order valence-corrected chi connectivity index (χ1v) is 10.8. The molecule has 0 bridgehead atoms. The van der Waals surface area contributed by atoms with Gasteiger partial charge in [-0.25, -0.2) is 8.78 Å². The van der Waals surface area contributed by atoms with Gasteiger partial charge in [-0.05, 0) is 55.9 Å². The fourth-order valence-corrected chi connectivity index (χ4v) is 4.36. The van der Waals surface area contributed by atoms with Gasteiger partial charge in [0.15, 0.2) is 17.4 Å². The molecule has 2 amide bonds. The molecule has 5 nitrogen and oxygen atoms in total. The van der Waals surface area contributed by atoms with E-state index in [1.165, 1.54) is 24.3 Å². The molecule has 3 rings (SSSR count). The van der Waals surface area contributed by atoms with Crippen molar-refractivity contribution in [3.05, 3.63) is 57.3 Å². The summed E-state index contributed by atoms with van der Waals surface area (Å²) in [7, 11) is 0. The molecule has 0 radical (unpaired) electrons. The summed E-state index contributed by atoms with van der Waals surface area (Å²) in [6.45, 7) is 2.88. The first kappa shape index (κ1) is 22.1. The molecule has 1 aliphatic heterocycles. The van der Waals surface area contributed by atoms with E-state index >= 15 is 0 Å².